The molecule has 2 rings (SSSR count). The lowest BCUT2D eigenvalue weighted by Gasteiger charge is -2.06. The average molecular weight is 414 g/mol. The summed E-state index contributed by atoms with van der Waals surface area (Å²) in [6.45, 7) is 3.13. The van der Waals surface area contributed by atoms with Crippen molar-refractivity contribution in [3.05, 3.63) is 47.5 Å². The number of phenolic OH excluding ortho intramolecular Hbond substituents is 4. The lowest BCUT2D eigenvalue weighted by molar-refractivity contribution is -0.126. The Kier molecular flexibility index (Phi) is 7.34. The zero-order chi connectivity index (χ0) is 22.3. The molecule has 0 spiro atoms. The van der Waals surface area contributed by atoms with Crippen molar-refractivity contribution in [1.29, 1.82) is 0 Å². The van der Waals surface area contributed by atoms with Gasteiger partial charge in [0.25, 0.3) is 0 Å². The van der Waals surface area contributed by atoms with E-state index < -0.39 is 11.8 Å². The molecule has 2 aromatic rings. The predicted octanol–water partition coefficient (Wildman–Crippen LogP) is 1.67. The Bertz CT molecular complexity index is 935. The van der Waals surface area contributed by atoms with Gasteiger partial charge >= 0.3 is 0 Å². The molecular weight excluding hydrogens is 392 g/mol. The molecule has 30 heavy (non-hydrogen) atoms. The molecule has 10 heteroatoms. The summed E-state index contributed by atoms with van der Waals surface area (Å²) in [4.78, 5) is 23.7. The molecule has 0 heterocycles. The van der Waals surface area contributed by atoms with Gasteiger partial charge in [-0.3, -0.25) is 9.59 Å². The van der Waals surface area contributed by atoms with Crippen LogP contribution in [0.4, 0.5) is 0 Å². The molecule has 0 saturated carbocycles. The highest BCUT2D eigenvalue weighted by molar-refractivity contribution is 6.02. The second kappa shape index (κ2) is 9.92. The van der Waals surface area contributed by atoms with Gasteiger partial charge in [-0.25, -0.2) is 10.9 Å². The summed E-state index contributed by atoms with van der Waals surface area (Å²) in [5.41, 5.74) is 5.89. The number of nitrogens with one attached hydrogen (secondary N) is 2. The van der Waals surface area contributed by atoms with Crippen LogP contribution in [0.3, 0.4) is 0 Å². The fourth-order valence-electron chi connectivity index (χ4n) is 2.40. The van der Waals surface area contributed by atoms with Gasteiger partial charge in [-0.05, 0) is 38.1 Å². The molecule has 2 aromatic carbocycles. The zero-order valence-corrected chi connectivity index (χ0v) is 16.4. The Hall–Kier alpha value is -4.08. The third kappa shape index (κ3) is 6.23. The minimum Gasteiger partial charge on any atom is -0.508 e. The second-order valence-corrected chi connectivity index (χ2v) is 6.37. The van der Waals surface area contributed by atoms with Crippen molar-refractivity contribution < 1.29 is 30.0 Å². The van der Waals surface area contributed by atoms with Crippen molar-refractivity contribution in [1.82, 2.24) is 10.9 Å². The molecule has 6 N–H and O–H groups in total. The number of aromatic hydroxyl groups is 4. The topological polar surface area (TPSA) is 164 Å². The van der Waals surface area contributed by atoms with E-state index in [2.05, 4.69) is 21.1 Å². The number of phenols is 4. The standard InChI is InChI=1S/C20H22N4O6/c1-11(15-5-3-13(25)9-17(15)27)21-23-19(29)7-8-20(30)24-22-12(2)16-6-4-14(26)10-18(16)28/h3-6,9-10,25-28H,7-8H2,1-2H3,(H,23,29)(H,24,30)/b21-11+,22-12+. The maximum Gasteiger partial charge on any atom is 0.240 e. The van der Waals surface area contributed by atoms with E-state index in [1.165, 1.54) is 24.3 Å². The first kappa shape index (κ1) is 22.2. The van der Waals surface area contributed by atoms with Crippen LogP contribution in [-0.4, -0.2) is 43.7 Å². The lowest BCUT2D eigenvalue weighted by atomic mass is 10.1. The smallest absolute Gasteiger partial charge is 0.240 e. The highest BCUT2D eigenvalue weighted by Crippen LogP contribution is 2.23. The van der Waals surface area contributed by atoms with Crippen LogP contribution in [0.15, 0.2) is 46.6 Å². The van der Waals surface area contributed by atoms with Gasteiger partial charge in [0.15, 0.2) is 0 Å². The van der Waals surface area contributed by atoms with Crippen molar-refractivity contribution in [3.63, 3.8) is 0 Å². The fraction of sp³-hybridized carbons (Fsp3) is 0.200. The van der Waals surface area contributed by atoms with Crippen LogP contribution in [0.1, 0.15) is 37.8 Å². The zero-order valence-electron chi connectivity index (χ0n) is 16.4. The molecule has 158 valence electrons. The molecule has 0 aliphatic heterocycles. The number of carbonyl (C=O) groups is 2. The SMILES string of the molecule is C/C(=N\NC(=O)CCC(=O)N/N=C(\C)c1ccc(O)cc1O)c1ccc(O)cc1O. The number of hydrogen-bond acceptors (Lipinski definition) is 8. The van der Waals surface area contributed by atoms with Crippen LogP contribution in [0.2, 0.25) is 0 Å². The third-order valence-corrected chi connectivity index (χ3v) is 4.02. The molecule has 0 fully saturated rings. The molecule has 0 bridgehead atoms. The van der Waals surface area contributed by atoms with E-state index in [0.29, 0.717) is 22.6 Å². The van der Waals surface area contributed by atoms with E-state index >= 15 is 0 Å². The van der Waals surface area contributed by atoms with Crippen LogP contribution in [0, 0.1) is 0 Å². The van der Waals surface area contributed by atoms with E-state index in [4.69, 9.17) is 0 Å². The highest BCUT2D eigenvalue weighted by atomic mass is 16.3. The van der Waals surface area contributed by atoms with Gasteiger partial charge < -0.3 is 20.4 Å². The molecule has 0 unspecified atom stereocenters. The molecule has 0 atom stereocenters. The van der Waals surface area contributed by atoms with Crippen molar-refractivity contribution >= 4 is 23.2 Å². The third-order valence-electron chi connectivity index (χ3n) is 4.02. The number of carbonyl (C=O) groups excluding carboxylic acids is 2. The summed E-state index contributed by atoms with van der Waals surface area (Å²) in [5.74, 6) is -1.59. The maximum atomic E-state index is 11.9. The number of hydrogen-bond donors (Lipinski definition) is 6. The largest absolute Gasteiger partial charge is 0.508 e. The van der Waals surface area contributed by atoms with E-state index in [0.717, 1.165) is 12.1 Å². The first-order valence-corrected chi connectivity index (χ1v) is 8.88. The average Bonchev–Trinajstić information content (AvgIpc) is 2.68. The van der Waals surface area contributed by atoms with E-state index in [1.807, 2.05) is 0 Å². The van der Waals surface area contributed by atoms with E-state index in [9.17, 15) is 30.0 Å². The predicted molar refractivity (Wildman–Crippen MR) is 109 cm³/mol. The van der Waals surface area contributed by atoms with Gasteiger partial charge in [0, 0.05) is 36.1 Å². The van der Waals surface area contributed by atoms with E-state index in [1.54, 1.807) is 13.8 Å². The van der Waals surface area contributed by atoms with Crippen molar-refractivity contribution in [3.8, 4) is 23.0 Å². The number of rotatable bonds is 7. The van der Waals surface area contributed by atoms with Crippen LogP contribution < -0.4 is 10.9 Å². The summed E-state index contributed by atoms with van der Waals surface area (Å²) in [6, 6.07) is 7.97. The van der Waals surface area contributed by atoms with Crippen LogP contribution >= 0.6 is 0 Å². The Morgan fingerprint density at radius 3 is 1.43 bits per heavy atom. The Balaban J connectivity index is 1.84. The Morgan fingerprint density at radius 2 is 1.10 bits per heavy atom. The maximum absolute atomic E-state index is 11.9. The number of hydrazone groups is 2. The van der Waals surface area contributed by atoms with Crippen LogP contribution in [-0.2, 0) is 9.59 Å². The fourth-order valence-corrected chi connectivity index (χ4v) is 2.40. The normalized spacial score (nSPS) is 11.8. The lowest BCUT2D eigenvalue weighted by Crippen LogP contribution is -2.24. The van der Waals surface area contributed by atoms with Gasteiger partial charge in [0.05, 0.1) is 11.4 Å². The summed E-state index contributed by atoms with van der Waals surface area (Å²) in [5, 5.41) is 45.8. The Morgan fingerprint density at radius 1 is 0.733 bits per heavy atom. The van der Waals surface area contributed by atoms with Gasteiger partial charge in [-0.15, -0.1) is 0 Å². The molecule has 0 aliphatic rings. The van der Waals surface area contributed by atoms with E-state index in [-0.39, 0.29) is 35.8 Å². The van der Waals surface area contributed by atoms with Crippen LogP contribution in [0.5, 0.6) is 23.0 Å². The van der Waals surface area contributed by atoms with Crippen molar-refractivity contribution in [2.45, 2.75) is 26.7 Å². The number of benzene rings is 2. The molecular formula is C20H22N4O6. The summed E-state index contributed by atoms with van der Waals surface area (Å²) in [7, 11) is 0. The first-order chi connectivity index (χ1) is 14.2. The first-order valence-electron chi connectivity index (χ1n) is 8.88. The van der Waals surface area contributed by atoms with Gasteiger partial charge in [0.2, 0.25) is 11.8 Å². The minimum absolute atomic E-state index is 0.0994. The second-order valence-electron chi connectivity index (χ2n) is 6.37. The molecule has 0 radical (unpaired) electrons. The van der Waals surface area contributed by atoms with Crippen LogP contribution in [0.25, 0.3) is 0 Å². The Labute approximate surface area is 172 Å². The molecule has 2 amide bonds. The summed E-state index contributed by atoms with van der Waals surface area (Å²) < 4.78 is 0. The molecule has 0 saturated heterocycles. The molecule has 0 aromatic heterocycles. The van der Waals surface area contributed by atoms with Gasteiger partial charge in [-0.1, -0.05) is 0 Å². The quantitative estimate of drug-likeness (QED) is 0.298. The summed E-state index contributed by atoms with van der Waals surface area (Å²) in [6.07, 6.45) is -0.299. The molecule has 10 nitrogen and oxygen atoms in total. The van der Waals surface area contributed by atoms with Crippen molar-refractivity contribution in [2.24, 2.45) is 10.2 Å². The monoisotopic (exact) mass is 414 g/mol. The van der Waals surface area contributed by atoms with Gasteiger partial charge in [0.1, 0.15) is 23.0 Å². The highest BCUT2D eigenvalue weighted by Gasteiger charge is 2.10. The van der Waals surface area contributed by atoms with Crippen molar-refractivity contribution in [2.75, 3.05) is 0 Å². The number of amides is 2. The molecule has 0 aliphatic carbocycles. The van der Waals surface area contributed by atoms with Gasteiger partial charge in [-0.2, -0.15) is 10.2 Å². The summed E-state index contributed by atoms with van der Waals surface area (Å²) >= 11 is 0. The minimum atomic E-state index is -0.514. The number of nitrogens with zero attached hydrogens (tertiary/aromatic N) is 2.